The molecule has 1 saturated heterocycles. The largest absolute Gasteiger partial charge is 0.364 e. The predicted molar refractivity (Wildman–Crippen MR) is 87.8 cm³/mol. The SMILES string of the molecule is C[C@H]1CCCN(Cc2cc(C(N)=O)nc3c2CCC3(C)C)C1. The minimum atomic E-state index is -0.418. The molecule has 1 atom stereocenters. The van der Waals surface area contributed by atoms with Crippen molar-refractivity contribution in [3.63, 3.8) is 0 Å². The summed E-state index contributed by atoms with van der Waals surface area (Å²) in [5, 5.41) is 0. The first-order valence-electron chi connectivity index (χ1n) is 8.42. The van der Waals surface area contributed by atoms with Gasteiger partial charge in [-0.15, -0.1) is 0 Å². The van der Waals surface area contributed by atoms with E-state index in [4.69, 9.17) is 5.73 Å². The Bertz CT molecular complexity index is 594. The molecule has 1 aliphatic carbocycles. The van der Waals surface area contributed by atoms with Crippen molar-refractivity contribution in [2.45, 2.75) is 58.4 Å². The van der Waals surface area contributed by atoms with Crippen LogP contribution in [-0.2, 0) is 18.4 Å². The molecule has 0 unspecified atom stereocenters. The van der Waals surface area contributed by atoms with Crippen molar-refractivity contribution < 1.29 is 4.79 Å². The summed E-state index contributed by atoms with van der Waals surface area (Å²) >= 11 is 0. The van der Waals surface area contributed by atoms with Gasteiger partial charge >= 0.3 is 0 Å². The van der Waals surface area contributed by atoms with Crippen molar-refractivity contribution in [1.29, 1.82) is 0 Å². The van der Waals surface area contributed by atoms with E-state index in [-0.39, 0.29) is 5.41 Å². The van der Waals surface area contributed by atoms with Crippen LogP contribution in [0.5, 0.6) is 0 Å². The highest BCUT2D eigenvalue weighted by Gasteiger charge is 2.34. The van der Waals surface area contributed by atoms with Crippen molar-refractivity contribution in [2.75, 3.05) is 13.1 Å². The molecule has 4 nitrogen and oxygen atoms in total. The number of pyridine rings is 1. The predicted octanol–water partition coefficient (Wildman–Crippen LogP) is 2.64. The Balaban J connectivity index is 1.95. The van der Waals surface area contributed by atoms with Crippen LogP contribution in [0.3, 0.4) is 0 Å². The summed E-state index contributed by atoms with van der Waals surface area (Å²) in [5.41, 5.74) is 9.68. The van der Waals surface area contributed by atoms with Gasteiger partial charge in [-0.25, -0.2) is 4.98 Å². The Hall–Kier alpha value is -1.42. The summed E-state index contributed by atoms with van der Waals surface area (Å²) in [4.78, 5) is 18.7. The molecule has 22 heavy (non-hydrogen) atoms. The van der Waals surface area contributed by atoms with Crippen molar-refractivity contribution in [1.82, 2.24) is 9.88 Å². The number of aromatic nitrogens is 1. The molecule has 2 N–H and O–H groups in total. The molecule has 4 heteroatoms. The molecule has 0 saturated carbocycles. The van der Waals surface area contributed by atoms with Gasteiger partial charge in [0.05, 0.1) is 5.69 Å². The fourth-order valence-corrected chi connectivity index (χ4v) is 3.96. The number of nitrogens with two attached hydrogens (primary N) is 1. The lowest BCUT2D eigenvalue weighted by Crippen LogP contribution is -2.34. The molecular formula is C18H27N3O. The monoisotopic (exact) mass is 301 g/mol. The maximum absolute atomic E-state index is 11.7. The molecule has 1 aliphatic heterocycles. The topological polar surface area (TPSA) is 59.2 Å². The van der Waals surface area contributed by atoms with Crippen molar-refractivity contribution in [3.05, 3.63) is 28.6 Å². The number of carbonyl (C=O) groups is 1. The van der Waals surface area contributed by atoms with Crippen LogP contribution in [0.2, 0.25) is 0 Å². The zero-order chi connectivity index (χ0) is 15.9. The van der Waals surface area contributed by atoms with Crippen LogP contribution in [0.1, 0.15) is 67.3 Å². The number of fused-ring (bicyclic) bond motifs is 1. The van der Waals surface area contributed by atoms with Crippen LogP contribution >= 0.6 is 0 Å². The van der Waals surface area contributed by atoms with Crippen LogP contribution < -0.4 is 5.73 Å². The van der Waals surface area contributed by atoms with Gasteiger partial charge in [0.15, 0.2) is 0 Å². The molecule has 1 aromatic rings. The van der Waals surface area contributed by atoms with E-state index in [1.165, 1.54) is 24.0 Å². The van der Waals surface area contributed by atoms with E-state index in [9.17, 15) is 4.79 Å². The Morgan fingerprint density at radius 3 is 2.95 bits per heavy atom. The molecule has 0 spiro atoms. The summed E-state index contributed by atoms with van der Waals surface area (Å²) in [6.07, 6.45) is 4.75. The fraction of sp³-hybridized carbons (Fsp3) is 0.667. The number of primary amides is 1. The second-order valence-electron chi connectivity index (χ2n) is 7.72. The Morgan fingerprint density at radius 2 is 2.27 bits per heavy atom. The minimum Gasteiger partial charge on any atom is -0.364 e. The van der Waals surface area contributed by atoms with Crippen LogP contribution in [0, 0.1) is 5.92 Å². The maximum atomic E-state index is 11.7. The first-order valence-corrected chi connectivity index (χ1v) is 8.42. The van der Waals surface area contributed by atoms with Crippen LogP contribution in [0.4, 0.5) is 0 Å². The molecule has 2 heterocycles. The third kappa shape index (κ3) is 2.89. The zero-order valence-electron chi connectivity index (χ0n) is 14.0. The first-order chi connectivity index (χ1) is 10.4. The number of amides is 1. The number of hydrogen-bond donors (Lipinski definition) is 1. The maximum Gasteiger partial charge on any atom is 0.267 e. The Labute approximate surface area is 133 Å². The molecule has 120 valence electrons. The average molecular weight is 301 g/mol. The van der Waals surface area contributed by atoms with Crippen molar-refractivity contribution in [3.8, 4) is 0 Å². The third-order valence-electron chi connectivity index (χ3n) is 5.25. The van der Waals surface area contributed by atoms with Crippen molar-refractivity contribution in [2.24, 2.45) is 11.7 Å². The average Bonchev–Trinajstić information content (AvgIpc) is 2.75. The number of hydrogen-bond acceptors (Lipinski definition) is 3. The summed E-state index contributed by atoms with van der Waals surface area (Å²) in [6.45, 7) is 9.96. The Kier molecular flexibility index (Phi) is 3.98. The summed E-state index contributed by atoms with van der Waals surface area (Å²) in [6, 6.07) is 1.93. The molecule has 1 aromatic heterocycles. The molecule has 0 bridgehead atoms. The zero-order valence-corrected chi connectivity index (χ0v) is 14.0. The lowest BCUT2D eigenvalue weighted by molar-refractivity contribution is 0.0995. The third-order valence-corrected chi connectivity index (χ3v) is 5.25. The highest BCUT2D eigenvalue weighted by molar-refractivity contribution is 5.91. The highest BCUT2D eigenvalue weighted by Crippen LogP contribution is 2.39. The molecule has 0 radical (unpaired) electrons. The lowest BCUT2D eigenvalue weighted by atomic mass is 9.90. The number of carbonyl (C=O) groups excluding carboxylic acids is 1. The molecule has 0 aromatic carbocycles. The van der Waals surface area contributed by atoms with Gasteiger partial charge in [-0.05, 0) is 55.3 Å². The van der Waals surface area contributed by atoms with E-state index >= 15 is 0 Å². The van der Waals surface area contributed by atoms with E-state index in [1.807, 2.05) is 6.07 Å². The van der Waals surface area contributed by atoms with Gasteiger partial charge in [0.1, 0.15) is 5.69 Å². The number of nitrogens with zero attached hydrogens (tertiary/aromatic N) is 2. The second kappa shape index (κ2) is 5.65. The van der Waals surface area contributed by atoms with Gasteiger partial charge in [-0.2, -0.15) is 0 Å². The molecule has 1 amide bonds. The summed E-state index contributed by atoms with van der Waals surface area (Å²) in [5.74, 6) is 0.342. The fourth-order valence-electron chi connectivity index (χ4n) is 3.96. The summed E-state index contributed by atoms with van der Waals surface area (Å²) in [7, 11) is 0. The van der Waals surface area contributed by atoms with E-state index in [2.05, 4.69) is 30.7 Å². The van der Waals surface area contributed by atoms with Gasteiger partial charge in [-0.3, -0.25) is 9.69 Å². The smallest absolute Gasteiger partial charge is 0.267 e. The number of likely N-dealkylation sites (tertiary alicyclic amines) is 1. The van der Waals surface area contributed by atoms with Gasteiger partial charge < -0.3 is 5.73 Å². The lowest BCUT2D eigenvalue weighted by Gasteiger charge is -2.31. The van der Waals surface area contributed by atoms with E-state index in [0.29, 0.717) is 5.69 Å². The Morgan fingerprint density at radius 1 is 1.50 bits per heavy atom. The highest BCUT2D eigenvalue weighted by atomic mass is 16.1. The molecular weight excluding hydrogens is 274 g/mol. The van der Waals surface area contributed by atoms with Gasteiger partial charge in [0.2, 0.25) is 0 Å². The first kappa shape index (κ1) is 15.5. The van der Waals surface area contributed by atoms with Crippen LogP contribution in [0.15, 0.2) is 6.07 Å². The molecule has 3 rings (SSSR count). The minimum absolute atomic E-state index is 0.0464. The van der Waals surface area contributed by atoms with E-state index in [0.717, 1.165) is 44.1 Å². The van der Waals surface area contributed by atoms with Gasteiger partial charge in [0, 0.05) is 18.5 Å². The van der Waals surface area contributed by atoms with Crippen LogP contribution in [0.25, 0.3) is 0 Å². The molecule has 1 fully saturated rings. The quantitative estimate of drug-likeness (QED) is 0.933. The standard InChI is InChI=1S/C18H27N3O/c1-12-5-4-8-21(10-12)11-13-9-15(17(19)22)20-16-14(13)6-7-18(16,2)3/h9,12H,4-8,10-11H2,1-3H3,(H2,19,22)/t12-/m0/s1. The normalized spacial score (nSPS) is 24.2. The van der Waals surface area contributed by atoms with Crippen molar-refractivity contribution >= 4 is 5.91 Å². The molecule has 2 aliphatic rings. The van der Waals surface area contributed by atoms with E-state index < -0.39 is 5.91 Å². The van der Waals surface area contributed by atoms with E-state index in [1.54, 1.807) is 0 Å². The van der Waals surface area contributed by atoms with Crippen LogP contribution in [-0.4, -0.2) is 28.9 Å². The summed E-state index contributed by atoms with van der Waals surface area (Å²) < 4.78 is 0. The second-order valence-corrected chi connectivity index (χ2v) is 7.72. The number of piperidine rings is 1. The number of rotatable bonds is 3. The van der Waals surface area contributed by atoms with Gasteiger partial charge in [0.25, 0.3) is 5.91 Å². The van der Waals surface area contributed by atoms with Gasteiger partial charge in [-0.1, -0.05) is 20.8 Å².